The summed E-state index contributed by atoms with van der Waals surface area (Å²) in [6, 6.07) is 9.86. The summed E-state index contributed by atoms with van der Waals surface area (Å²) in [7, 11) is -2.28. The molecule has 0 amide bonds. The van der Waals surface area contributed by atoms with Gasteiger partial charge in [-0.25, -0.2) is 9.78 Å². The molecule has 0 aliphatic carbocycles. The number of fused-ring (bicyclic) bond motifs is 5. The van der Waals surface area contributed by atoms with Crippen molar-refractivity contribution >= 4 is 30.1 Å². The standard InChI is InChI=1S/C26H30N2O5Si/c1-6-26(32)18-11-20-22-15(12-28(20)23(30)17(18)13-33-24(26)31)10-16-19(27-22)8-7-9-21(16)34(5,14-29)25(2,3)4/h7-11,29,32H,6,12-14H2,1-5H3/t26-,34?/m0/s1. The van der Waals surface area contributed by atoms with Crippen molar-refractivity contribution < 1.29 is 19.7 Å². The largest absolute Gasteiger partial charge is 0.458 e. The molecule has 0 fully saturated rings. The highest BCUT2D eigenvalue weighted by Crippen LogP contribution is 2.40. The molecule has 2 aromatic heterocycles. The average Bonchev–Trinajstić information content (AvgIpc) is 3.16. The van der Waals surface area contributed by atoms with Gasteiger partial charge in [0.25, 0.3) is 5.56 Å². The van der Waals surface area contributed by atoms with Gasteiger partial charge in [0.2, 0.25) is 0 Å². The summed E-state index contributed by atoms with van der Waals surface area (Å²) >= 11 is 0. The fourth-order valence-electron chi connectivity index (χ4n) is 5.21. The highest BCUT2D eigenvalue weighted by Gasteiger charge is 2.46. The van der Waals surface area contributed by atoms with Crippen molar-refractivity contribution in [1.29, 1.82) is 0 Å². The highest BCUT2D eigenvalue weighted by atomic mass is 28.3. The Kier molecular flexibility index (Phi) is 4.96. The molecule has 0 spiro atoms. The van der Waals surface area contributed by atoms with Crippen LogP contribution in [0.4, 0.5) is 0 Å². The van der Waals surface area contributed by atoms with Crippen LogP contribution < -0.4 is 10.7 Å². The van der Waals surface area contributed by atoms with Crippen LogP contribution >= 0.6 is 0 Å². The number of hydrogen-bond donors (Lipinski definition) is 2. The van der Waals surface area contributed by atoms with Crippen molar-refractivity contribution in [2.45, 2.75) is 64.5 Å². The number of nitrogens with zero attached hydrogens (tertiary/aromatic N) is 2. The maximum Gasteiger partial charge on any atom is 0.343 e. The van der Waals surface area contributed by atoms with Gasteiger partial charge in [0.15, 0.2) is 5.60 Å². The minimum absolute atomic E-state index is 0.0643. The molecule has 178 valence electrons. The highest BCUT2D eigenvalue weighted by molar-refractivity contribution is 6.94. The second-order valence-corrected chi connectivity index (χ2v) is 15.7. The van der Waals surface area contributed by atoms with Crippen LogP contribution in [0.25, 0.3) is 22.3 Å². The molecule has 2 N–H and O–H groups in total. The monoisotopic (exact) mass is 478 g/mol. The predicted octanol–water partition coefficient (Wildman–Crippen LogP) is 2.70. The third-order valence-electron chi connectivity index (χ3n) is 8.12. The third kappa shape index (κ3) is 2.92. The predicted molar refractivity (Wildman–Crippen MR) is 133 cm³/mol. The fourth-order valence-corrected chi connectivity index (χ4v) is 7.92. The number of aromatic nitrogens is 2. The summed E-state index contributed by atoms with van der Waals surface area (Å²) in [6.45, 7) is 10.6. The number of aliphatic hydroxyl groups is 2. The number of aliphatic hydroxyl groups excluding tert-OH is 1. The SMILES string of the molecule is CC[C@@]1(O)C(=O)OCc2c1cc1n(c2=O)Cc2cc3c([Si](C)(CO)C(C)(C)C)cccc3nc2-1. The number of pyridine rings is 2. The van der Waals surface area contributed by atoms with E-state index >= 15 is 0 Å². The lowest BCUT2D eigenvalue weighted by Crippen LogP contribution is -2.56. The molecule has 1 aromatic carbocycles. The lowest BCUT2D eigenvalue weighted by Gasteiger charge is -2.39. The Morgan fingerprint density at radius 2 is 1.97 bits per heavy atom. The Morgan fingerprint density at radius 3 is 2.62 bits per heavy atom. The molecule has 0 bridgehead atoms. The molecule has 1 unspecified atom stereocenters. The molecule has 0 saturated heterocycles. The maximum absolute atomic E-state index is 13.4. The molecular weight excluding hydrogens is 448 g/mol. The van der Waals surface area contributed by atoms with E-state index in [4.69, 9.17) is 9.72 Å². The van der Waals surface area contributed by atoms with Gasteiger partial charge in [0, 0.05) is 17.4 Å². The maximum atomic E-state index is 13.4. The number of rotatable bonds is 3. The van der Waals surface area contributed by atoms with Gasteiger partial charge in [-0.15, -0.1) is 0 Å². The van der Waals surface area contributed by atoms with Gasteiger partial charge < -0.3 is 19.5 Å². The normalized spacial score (nSPS) is 21.0. The van der Waals surface area contributed by atoms with E-state index in [9.17, 15) is 19.8 Å². The lowest BCUT2D eigenvalue weighted by atomic mass is 9.86. The van der Waals surface area contributed by atoms with Gasteiger partial charge in [0.1, 0.15) is 14.7 Å². The molecule has 2 atom stereocenters. The van der Waals surface area contributed by atoms with Crippen LogP contribution in [0.1, 0.15) is 50.8 Å². The first-order chi connectivity index (χ1) is 16.0. The first-order valence-corrected chi connectivity index (χ1v) is 14.4. The third-order valence-corrected chi connectivity index (χ3v) is 13.7. The molecule has 0 saturated carbocycles. The van der Waals surface area contributed by atoms with Gasteiger partial charge in [-0.05, 0) is 40.2 Å². The summed E-state index contributed by atoms with van der Waals surface area (Å²) in [5.74, 6) is -0.725. The zero-order valence-corrected chi connectivity index (χ0v) is 21.2. The number of benzene rings is 1. The molecule has 7 nitrogen and oxygen atoms in total. The molecule has 3 aromatic rings. The van der Waals surface area contributed by atoms with E-state index in [2.05, 4.69) is 39.5 Å². The van der Waals surface area contributed by atoms with Gasteiger partial charge in [-0.3, -0.25) is 4.79 Å². The Morgan fingerprint density at radius 1 is 1.24 bits per heavy atom. The second kappa shape index (κ2) is 7.34. The van der Waals surface area contributed by atoms with Crippen LogP contribution in [0, 0.1) is 0 Å². The molecular formula is C26H30N2O5Si. The number of carbonyl (C=O) groups is 1. The van der Waals surface area contributed by atoms with Gasteiger partial charge in [-0.2, -0.15) is 0 Å². The topological polar surface area (TPSA) is 102 Å². The number of carbonyl (C=O) groups excluding carboxylic acids is 1. The first-order valence-electron chi connectivity index (χ1n) is 11.7. The zero-order chi connectivity index (χ0) is 24.6. The van der Waals surface area contributed by atoms with Crippen LogP contribution in [0.5, 0.6) is 0 Å². The van der Waals surface area contributed by atoms with Crippen molar-refractivity contribution in [3.63, 3.8) is 0 Å². The molecule has 2 aliphatic rings. The van der Waals surface area contributed by atoms with E-state index in [-0.39, 0.29) is 29.9 Å². The number of cyclic esters (lactones) is 1. The molecule has 4 heterocycles. The summed E-state index contributed by atoms with van der Waals surface area (Å²) in [5.41, 5.74) is 1.54. The van der Waals surface area contributed by atoms with E-state index < -0.39 is 19.6 Å². The molecule has 5 rings (SSSR count). The van der Waals surface area contributed by atoms with Crippen molar-refractivity contribution in [1.82, 2.24) is 9.55 Å². The van der Waals surface area contributed by atoms with Crippen molar-refractivity contribution in [3.8, 4) is 11.4 Å². The van der Waals surface area contributed by atoms with E-state index in [1.807, 2.05) is 12.1 Å². The fraction of sp³-hybridized carbons (Fsp3) is 0.423. The summed E-state index contributed by atoms with van der Waals surface area (Å²) < 4.78 is 6.80. The van der Waals surface area contributed by atoms with Crippen LogP contribution in [0.2, 0.25) is 11.6 Å². The molecule has 2 aliphatic heterocycles. The Balaban J connectivity index is 1.75. The van der Waals surface area contributed by atoms with Crippen molar-refractivity contribution in [3.05, 3.63) is 57.4 Å². The summed E-state index contributed by atoms with van der Waals surface area (Å²) in [5, 5.41) is 23.6. The Bertz CT molecular complexity index is 1420. The molecule has 0 radical (unpaired) electrons. The summed E-state index contributed by atoms with van der Waals surface area (Å²) in [4.78, 5) is 30.7. The van der Waals surface area contributed by atoms with Crippen LogP contribution in [0.3, 0.4) is 0 Å². The van der Waals surface area contributed by atoms with Crippen molar-refractivity contribution in [2.24, 2.45) is 0 Å². The van der Waals surface area contributed by atoms with Gasteiger partial charge >= 0.3 is 5.97 Å². The van der Waals surface area contributed by atoms with E-state index in [0.29, 0.717) is 29.1 Å². The number of ether oxygens (including phenoxy) is 1. The number of hydrogen-bond acceptors (Lipinski definition) is 6. The Labute approximate surface area is 199 Å². The molecule has 34 heavy (non-hydrogen) atoms. The lowest BCUT2D eigenvalue weighted by molar-refractivity contribution is -0.172. The second-order valence-electron chi connectivity index (χ2n) is 10.7. The minimum Gasteiger partial charge on any atom is -0.458 e. The first kappa shape index (κ1) is 23.0. The van der Waals surface area contributed by atoms with Crippen LogP contribution in [0.15, 0.2) is 35.1 Å². The Hall–Kier alpha value is -2.81. The zero-order valence-electron chi connectivity index (χ0n) is 20.2. The van der Waals surface area contributed by atoms with Crippen molar-refractivity contribution in [2.75, 3.05) is 6.23 Å². The van der Waals surface area contributed by atoms with E-state index in [1.165, 1.54) is 0 Å². The average molecular weight is 479 g/mol. The van der Waals surface area contributed by atoms with E-state index in [1.54, 1.807) is 17.6 Å². The molecule has 8 heteroatoms. The van der Waals surface area contributed by atoms with E-state index in [0.717, 1.165) is 21.7 Å². The van der Waals surface area contributed by atoms with Gasteiger partial charge in [-0.1, -0.05) is 46.4 Å². The number of esters is 1. The van der Waals surface area contributed by atoms with Gasteiger partial charge in [0.05, 0.1) is 29.0 Å². The minimum atomic E-state index is -2.28. The smallest absolute Gasteiger partial charge is 0.343 e. The van der Waals surface area contributed by atoms with Crippen LogP contribution in [-0.2, 0) is 28.3 Å². The summed E-state index contributed by atoms with van der Waals surface area (Å²) in [6.07, 6.45) is 0.239. The quantitative estimate of drug-likeness (QED) is 0.347. The van der Waals surface area contributed by atoms with Crippen LogP contribution in [-0.4, -0.2) is 40.0 Å².